The van der Waals surface area contributed by atoms with E-state index in [0.717, 1.165) is 6.67 Å². The molecule has 0 fully saturated rings. The molecule has 0 aliphatic carbocycles. The molecule has 0 saturated carbocycles. The molecule has 0 aliphatic rings. The Balaban J connectivity index is 2.48. The van der Waals surface area contributed by atoms with Crippen molar-refractivity contribution in [1.29, 1.82) is 0 Å². The van der Waals surface area contributed by atoms with Crippen LogP contribution in [-0.2, 0) is 0 Å². The van der Waals surface area contributed by atoms with Crippen molar-refractivity contribution >= 4 is 11.4 Å². The van der Waals surface area contributed by atoms with Crippen LogP contribution in [0.25, 0.3) is 0 Å². The van der Waals surface area contributed by atoms with Crippen LogP contribution in [0.5, 0.6) is 0 Å². The summed E-state index contributed by atoms with van der Waals surface area (Å²) in [6, 6.07) is 0. The lowest BCUT2D eigenvalue weighted by molar-refractivity contribution is 0.837. The summed E-state index contributed by atoms with van der Waals surface area (Å²) in [4.78, 5) is 4.82. The zero-order valence-electron chi connectivity index (χ0n) is 19.6. The molecule has 0 spiro atoms. The number of anilines is 2. The molecule has 0 atom stereocenters. The van der Waals surface area contributed by atoms with Gasteiger partial charge in [-0.25, -0.2) is 0 Å². The van der Waals surface area contributed by atoms with Gasteiger partial charge in [-0.1, -0.05) is 0 Å². The third kappa shape index (κ3) is 3.47. The van der Waals surface area contributed by atoms with Crippen LogP contribution >= 0.6 is 0 Å². The Kier molecular flexibility index (Phi) is 5.99. The maximum atomic E-state index is 2.41. The summed E-state index contributed by atoms with van der Waals surface area (Å²) in [7, 11) is 4.44. The predicted molar refractivity (Wildman–Crippen MR) is 122 cm³/mol. The Morgan fingerprint density at radius 2 is 0.556 bits per heavy atom. The zero-order valence-corrected chi connectivity index (χ0v) is 19.6. The van der Waals surface area contributed by atoms with Crippen LogP contribution in [0.2, 0.25) is 0 Å². The van der Waals surface area contributed by atoms with Crippen LogP contribution in [0.1, 0.15) is 55.6 Å². The quantitative estimate of drug-likeness (QED) is 0.586. The van der Waals surface area contributed by atoms with E-state index >= 15 is 0 Å². The fourth-order valence-electron chi connectivity index (χ4n) is 4.57. The van der Waals surface area contributed by atoms with E-state index in [-0.39, 0.29) is 0 Å². The molecule has 0 aromatic heterocycles. The zero-order chi connectivity index (χ0) is 20.8. The lowest BCUT2D eigenvalue weighted by Crippen LogP contribution is -2.35. The summed E-state index contributed by atoms with van der Waals surface area (Å²) in [6.45, 7) is 23.4. The molecular weight excluding hydrogens is 328 g/mol. The van der Waals surface area contributed by atoms with Crippen molar-refractivity contribution in [2.45, 2.75) is 69.2 Å². The number of nitrogens with zero attached hydrogens (tertiary/aromatic N) is 2. The highest BCUT2D eigenvalue weighted by Gasteiger charge is 2.19. The standard InChI is InChI=1S/C25H38N2/c1-14-16(3)20(7)24(21(8)17(14)4)26(11)13-27(12)25-22(9)18(5)15(2)19(6)23(25)10/h13H2,1-12H3. The Morgan fingerprint density at radius 1 is 0.370 bits per heavy atom. The third-order valence-electron chi connectivity index (χ3n) is 7.11. The predicted octanol–water partition coefficient (Wildman–Crippen LogP) is 6.30. The van der Waals surface area contributed by atoms with E-state index in [1.54, 1.807) is 0 Å². The number of benzene rings is 2. The number of rotatable bonds is 4. The topological polar surface area (TPSA) is 6.48 Å². The second-order valence-corrected chi connectivity index (χ2v) is 8.48. The molecule has 0 radical (unpaired) electrons. The van der Waals surface area contributed by atoms with Gasteiger partial charge in [0.1, 0.15) is 0 Å². The maximum Gasteiger partial charge on any atom is 0.0897 e. The lowest BCUT2D eigenvalue weighted by Gasteiger charge is -2.34. The van der Waals surface area contributed by atoms with Gasteiger partial charge in [0.15, 0.2) is 0 Å². The first-order valence-electron chi connectivity index (χ1n) is 9.97. The normalized spacial score (nSPS) is 11.1. The fourth-order valence-corrected chi connectivity index (χ4v) is 4.57. The molecular formula is C25H38N2. The average Bonchev–Trinajstić information content (AvgIpc) is 2.61. The largest absolute Gasteiger partial charge is 0.356 e. The van der Waals surface area contributed by atoms with Gasteiger partial charge in [0, 0.05) is 25.5 Å². The van der Waals surface area contributed by atoms with E-state index in [1.165, 1.54) is 67.0 Å². The second kappa shape index (κ2) is 7.58. The van der Waals surface area contributed by atoms with Crippen molar-refractivity contribution in [3.8, 4) is 0 Å². The molecule has 0 aliphatic heterocycles. The van der Waals surface area contributed by atoms with Gasteiger partial charge < -0.3 is 9.80 Å². The third-order valence-corrected chi connectivity index (χ3v) is 7.11. The molecule has 2 rings (SSSR count). The first kappa shape index (κ1) is 21.3. The van der Waals surface area contributed by atoms with Gasteiger partial charge in [-0.2, -0.15) is 0 Å². The van der Waals surface area contributed by atoms with Gasteiger partial charge in [0.2, 0.25) is 0 Å². The van der Waals surface area contributed by atoms with E-state index < -0.39 is 0 Å². The minimum atomic E-state index is 0.868. The lowest BCUT2D eigenvalue weighted by atomic mass is 9.92. The second-order valence-electron chi connectivity index (χ2n) is 8.48. The molecule has 0 heterocycles. The molecule has 0 bridgehead atoms. The van der Waals surface area contributed by atoms with Crippen molar-refractivity contribution in [3.05, 3.63) is 55.6 Å². The van der Waals surface area contributed by atoms with Crippen LogP contribution in [0, 0.1) is 69.2 Å². The first-order valence-corrected chi connectivity index (χ1v) is 9.97. The smallest absolute Gasteiger partial charge is 0.0897 e. The minimum Gasteiger partial charge on any atom is -0.356 e. The van der Waals surface area contributed by atoms with Crippen molar-refractivity contribution in [1.82, 2.24) is 0 Å². The Labute approximate surface area is 167 Å². The summed E-state index contributed by atoms with van der Waals surface area (Å²) in [5.74, 6) is 0. The van der Waals surface area contributed by atoms with Gasteiger partial charge in [0.05, 0.1) is 6.67 Å². The molecule has 2 nitrogen and oxygen atoms in total. The summed E-state index contributed by atoms with van der Waals surface area (Å²) in [5.41, 5.74) is 16.8. The van der Waals surface area contributed by atoms with Crippen molar-refractivity contribution in [2.24, 2.45) is 0 Å². The fraction of sp³-hybridized carbons (Fsp3) is 0.520. The van der Waals surface area contributed by atoms with E-state index in [9.17, 15) is 0 Å². The Morgan fingerprint density at radius 3 is 0.778 bits per heavy atom. The maximum absolute atomic E-state index is 2.41. The molecule has 27 heavy (non-hydrogen) atoms. The molecule has 0 unspecified atom stereocenters. The van der Waals surface area contributed by atoms with Gasteiger partial charge in [-0.15, -0.1) is 0 Å². The van der Waals surface area contributed by atoms with Crippen LogP contribution in [0.15, 0.2) is 0 Å². The highest BCUT2D eigenvalue weighted by atomic mass is 15.3. The van der Waals surface area contributed by atoms with Crippen LogP contribution in [0.3, 0.4) is 0 Å². The molecule has 148 valence electrons. The van der Waals surface area contributed by atoms with Crippen molar-refractivity contribution in [2.75, 3.05) is 30.6 Å². The Bertz CT molecular complexity index is 759. The summed E-state index contributed by atoms with van der Waals surface area (Å²) >= 11 is 0. The van der Waals surface area contributed by atoms with Crippen LogP contribution in [0.4, 0.5) is 11.4 Å². The highest BCUT2D eigenvalue weighted by molar-refractivity contribution is 5.69. The summed E-state index contributed by atoms with van der Waals surface area (Å²) in [6.07, 6.45) is 0. The van der Waals surface area contributed by atoms with Gasteiger partial charge in [-0.05, 0) is 125 Å². The van der Waals surface area contributed by atoms with E-state index in [2.05, 4.69) is 93.1 Å². The van der Waals surface area contributed by atoms with Gasteiger partial charge >= 0.3 is 0 Å². The van der Waals surface area contributed by atoms with E-state index in [0.29, 0.717) is 0 Å². The molecule has 2 aromatic rings. The van der Waals surface area contributed by atoms with Crippen LogP contribution < -0.4 is 9.80 Å². The molecule has 0 amide bonds. The number of hydrogen-bond donors (Lipinski definition) is 0. The molecule has 2 aromatic carbocycles. The SMILES string of the molecule is Cc1c(C)c(C)c(N(C)CN(C)c2c(C)c(C)c(C)c(C)c2C)c(C)c1C. The summed E-state index contributed by atoms with van der Waals surface area (Å²) in [5, 5.41) is 0. The number of hydrogen-bond acceptors (Lipinski definition) is 2. The highest BCUT2D eigenvalue weighted by Crippen LogP contribution is 2.35. The van der Waals surface area contributed by atoms with Gasteiger partial charge in [0.25, 0.3) is 0 Å². The van der Waals surface area contributed by atoms with Gasteiger partial charge in [-0.3, -0.25) is 0 Å². The van der Waals surface area contributed by atoms with E-state index in [1.807, 2.05) is 0 Å². The molecule has 0 N–H and O–H groups in total. The minimum absolute atomic E-state index is 0.868. The molecule has 0 saturated heterocycles. The van der Waals surface area contributed by atoms with E-state index in [4.69, 9.17) is 0 Å². The summed E-state index contributed by atoms with van der Waals surface area (Å²) < 4.78 is 0. The Hall–Kier alpha value is -1.96. The van der Waals surface area contributed by atoms with Crippen molar-refractivity contribution in [3.63, 3.8) is 0 Å². The van der Waals surface area contributed by atoms with Crippen LogP contribution in [-0.4, -0.2) is 20.8 Å². The monoisotopic (exact) mass is 366 g/mol. The van der Waals surface area contributed by atoms with Crippen molar-refractivity contribution < 1.29 is 0 Å². The molecule has 2 heteroatoms. The average molecular weight is 367 g/mol. The first-order chi connectivity index (χ1) is 12.4.